The van der Waals surface area contributed by atoms with Crippen molar-refractivity contribution in [2.24, 2.45) is 0 Å². The molecular weight excluding hydrogens is 306 g/mol. The Bertz CT molecular complexity index is 743. The fourth-order valence-electron chi connectivity index (χ4n) is 2.62. The van der Waals surface area contributed by atoms with Crippen LogP contribution in [0.3, 0.4) is 0 Å². The Morgan fingerprint density at radius 2 is 2.04 bits per heavy atom. The number of amides is 3. The van der Waals surface area contributed by atoms with Gasteiger partial charge in [-0.1, -0.05) is 12.1 Å². The fourth-order valence-corrected chi connectivity index (χ4v) is 2.62. The second kappa shape index (κ2) is 7.04. The summed E-state index contributed by atoms with van der Waals surface area (Å²) < 4.78 is 5.16. The molecule has 3 rings (SSSR count). The molecule has 0 saturated carbocycles. The third-order valence-corrected chi connectivity index (χ3v) is 3.82. The van der Waals surface area contributed by atoms with Gasteiger partial charge in [-0.2, -0.15) is 0 Å². The molecule has 1 aliphatic rings. The lowest BCUT2D eigenvalue weighted by molar-refractivity contribution is -0.115. The molecule has 6 heteroatoms. The SMILES string of the molecule is COc1cccc(CC(=O)Nc2ccc(N3CCNC3=O)cc2)c1. The summed E-state index contributed by atoms with van der Waals surface area (Å²) in [6.45, 7) is 1.30. The number of hydrogen-bond acceptors (Lipinski definition) is 3. The molecule has 6 nitrogen and oxygen atoms in total. The van der Waals surface area contributed by atoms with Crippen molar-refractivity contribution >= 4 is 23.3 Å². The average molecular weight is 325 g/mol. The summed E-state index contributed by atoms with van der Waals surface area (Å²) in [6, 6.07) is 14.6. The Morgan fingerprint density at radius 3 is 2.71 bits per heavy atom. The number of nitrogens with zero attached hydrogens (tertiary/aromatic N) is 1. The maximum absolute atomic E-state index is 12.1. The highest BCUT2D eigenvalue weighted by molar-refractivity contribution is 5.95. The summed E-state index contributed by atoms with van der Waals surface area (Å²) >= 11 is 0. The first kappa shape index (κ1) is 15.9. The number of urea groups is 1. The highest BCUT2D eigenvalue weighted by Crippen LogP contribution is 2.20. The first-order chi connectivity index (χ1) is 11.7. The van der Waals surface area contributed by atoms with Gasteiger partial charge in [-0.05, 0) is 42.0 Å². The van der Waals surface area contributed by atoms with E-state index in [1.807, 2.05) is 36.4 Å². The second-order valence-corrected chi connectivity index (χ2v) is 5.51. The molecule has 0 bridgehead atoms. The van der Waals surface area contributed by atoms with Gasteiger partial charge in [0, 0.05) is 24.5 Å². The summed E-state index contributed by atoms with van der Waals surface area (Å²) in [5.41, 5.74) is 2.40. The van der Waals surface area contributed by atoms with E-state index in [1.54, 1.807) is 24.1 Å². The number of ether oxygens (including phenoxy) is 1. The van der Waals surface area contributed by atoms with Gasteiger partial charge in [0.15, 0.2) is 0 Å². The van der Waals surface area contributed by atoms with E-state index in [4.69, 9.17) is 4.74 Å². The third kappa shape index (κ3) is 3.65. The molecule has 2 N–H and O–H groups in total. The molecule has 0 unspecified atom stereocenters. The van der Waals surface area contributed by atoms with Crippen LogP contribution in [0.15, 0.2) is 48.5 Å². The van der Waals surface area contributed by atoms with E-state index in [2.05, 4.69) is 10.6 Å². The minimum atomic E-state index is -0.102. The topological polar surface area (TPSA) is 70.7 Å². The summed E-state index contributed by atoms with van der Waals surface area (Å²) in [7, 11) is 1.60. The lowest BCUT2D eigenvalue weighted by atomic mass is 10.1. The van der Waals surface area contributed by atoms with Gasteiger partial charge >= 0.3 is 6.03 Å². The number of rotatable bonds is 5. The van der Waals surface area contributed by atoms with Crippen LogP contribution in [-0.4, -0.2) is 32.1 Å². The van der Waals surface area contributed by atoms with Crippen LogP contribution in [-0.2, 0) is 11.2 Å². The van der Waals surface area contributed by atoms with Crippen LogP contribution in [0.25, 0.3) is 0 Å². The predicted octanol–water partition coefficient (Wildman–Crippen LogP) is 2.41. The van der Waals surface area contributed by atoms with Crippen molar-refractivity contribution in [3.63, 3.8) is 0 Å². The maximum atomic E-state index is 12.1. The number of benzene rings is 2. The molecule has 0 aromatic heterocycles. The third-order valence-electron chi connectivity index (χ3n) is 3.82. The first-order valence-corrected chi connectivity index (χ1v) is 7.74. The summed E-state index contributed by atoms with van der Waals surface area (Å²) in [6.07, 6.45) is 0.271. The molecule has 1 saturated heterocycles. The molecule has 0 aliphatic carbocycles. The lowest BCUT2D eigenvalue weighted by Crippen LogP contribution is -2.27. The molecule has 0 spiro atoms. The minimum Gasteiger partial charge on any atom is -0.497 e. The average Bonchev–Trinajstić information content (AvgIpc) is 3.01. The Balaban J connectivity index is 1.61. The van der Waals surface area contributed by atoms with Crippen LogP contribution < -0.4 is 20.3 Å². The van der Waals surface area contributed by atoms with Gasteiger partial charge in [0.25, 0.3) is 0 Å². The van der Waals surface area contributed by atoms with Crippen molar-refractivity contribution in [1.82, 2.24) is 5.32 Å². The number of anilines is 2. The van der Waals surface area contributed by atoms with Gasteiger partial charge in [-0.3, -0.25) is 9.69 Å². The van der Waals surface area contributed by atoms with Gasteiger partial charge in [0.05, 0.1) is 13.5 Å². The van der Waals surface area contributed by atoms with E-state index in [0.717, 1.165) is 17.0 Å². The summed E-state index contributed by atoms with van der Waals surface area (Å²) in [5, 5.41) is 5.62. The van der Waals surface area contributed by atoms with Crippen LogP contribution in [0.1, 0.15) is 5.56 Å². The van der Waals surface area contributed by atoms with Gasteiger partial charge in [-0.25, -0.2) is 4.79 Å². The van der Waals surface area contributed by atoms with Gasteiger partial charge in [0.2, 0.25) is 5.91 Å². The van der Waals surface area contributed by atoms with Crippen LogP contribution in [0, 0.1) is 0 Å². The van der Waals surface area contributed by atoms with Crippen molar-refractivity contribution in [3.8, 4) is 5.75 Å². The number of methoxy groups -OCH3 is 1. The fraction of sp³-hybridized carbons (Fsp3) is 0.222. The van der Waals surface area contributed by atoms with Gasteiger partial charge in [0.1, 0.15) is 5.75 Å². The molecule has 1 aliphatic heterocycles. The normalized spacial score (nSPS) is 13.5. The van der Waals surface area contributed by atoms with Crippen molar-refractivity contribution in [2.75, 3.05) is 30.4 Å². The van der Waals surface area contributed by atoms with Crippen LogP contribution in [0.5, 0.6) is 5.75 Å². The Hall–Kier alpha value is -3.02. The predicted molar refractivity (Wildman–Crippen MR) is 92.5 cm³/mol. The molecule has 0 radical (unpaired) electrons. The molecule has 0 atom stereocenters. The quantitative estimate of drug-likeness (QED) is 0.887. The van der Waals surface area contributed by atoms with Crippen molar-refractivity contribution < 1.29 is 14.3 Å². The lowest BCUT2D eigenvalue weighted by Gasteiger charge is -2.14. The molecule has 2 aromatic carbocycles. The molecule has 2 aromatic rings. The zero-order valence-electron chi connectivity index (χ0n) is 13.4. The summed E-state index contributed by atoms with van der Waals surface area (Å²) in [4.78, 5) is 25.4. The number of carbonyl (C=O) groups is 2. The second-order valence-electron chi connectivity index (χ2n) is 5.51. The van der Waals surface area contributed by atoms with E-state index >= 15 is 0 Å². The highest BCUT2D eigenvalue weighted by atomic mass is 16.5. The molecule has 1 heterocycles. The molecule has 124 valence electrons. The Morgan fingerprint density at radius 1 is 1.25 bits per heavy atom. The van der Waals surface area contributed by atoms with E-state index in [-0.39, 0.29) is 18.4 Å². The maximum Gasteiger partial charge on any atom is 0.321 e. The number of hydrogen-bond donors (Lipinski definition) is 2. The van der Waals surface area contributed by atoms with E-state index in [0.29, 0.717) is 18.8 Å². The molecule has 24 heavy (non-hydrogen) atoms. The van der Waals surface area contributed by atoms with Crippen LogP contribution >= 0.6 is 0 Å². The monoisotopic (exact) mass is 325 g/mol. The van der Waals surface area contributed by atoms with Gasteiger partial charge in [-0.15, -0.1) is 0 Å². The smallest absolute Gasteiger partial charge is 0.321 e. The van der Waals surface area contributed by atoms with E-state index in [9.17, 15) is 9.59 Å². The van der Waals surface area contributed by atoms with Crippen LogP contribution in [0.4, 0.5) is 16.2 Å². The van der Waals surface area contributed by atoms with E-state index in [1.165, 1.54) is 0 Å². The van der Waals surface area contributed by atoms with E-state index < -0.39 is 0 Å². The largest absolute Gasteiger partial charge is 0.497 e. The zero-order chi connectivity index (χ0) is 16.9. The van der Waals surface area contributed by atoms with Crippen molar-refractivity contribution in [2.45, 2.75) is 6.42 Å². The first-order valence-electron chi connectivity index (χ1n) is 7.74. The minimum absolute atomic E-state index is 0.0928. The number of nitrogens with one attached hydrogen (secondary N) is 2. The molecular formula is C18H19N3O3. The number of carbonyl (C=O) groups excluding carboxylic acids is 2. The zero-order valence-corrected chi connectivity index (χ0v) is 13.4. The standard InChI is InChI=1S/C18H19N3O3/c1-24-16-4-2-3-13(11-16)12-17(22)20-14-5-7-15(8-6-14)21-10-9-19-18(21)23/h2-8,11H,9-10,12H2,1H3,(H,19,23)(H,20,22). The Kier molecular flexibility index (Phi) is 4.65. The molecule has 3 amide bonds. The van der Waals surface area contributed by atoms with Gasteiger partial charge < -0.3 is 15.4 Å². The van der Waals surface area contributed by atoms with Crippen LogP contribution in [0.2, 0.25) is 0 Å². The van der Waals surface area contributed by atoms with Crippen molar-refractivity contribution in [3.05, 3.63) is 54.1 Å². The molecule has 1 fully saturated rings. The highest BCUT2D eigenvalue weighted by Gasteiger charge is 2.20. The summed E-state index contributed by atoms with van der Waals surface area (Å²) in [5.74, 6) is 0.628. The Labute approximate surface area is 140 Å². The van der Waals surface area contributed by atoms with Crippen molar-refractivity contribution in [1.29, 1.82) is 0 Å².